The zero-order valence-corrected chi connectivity index (χ0v) is 16.2. The van der Waals surface area contributed by atoms with Crippen LogP contribution in [0.1, 0.15) is 12.7 Å². The minimum atomic E-state index is -0.493. The molecule has 8 nitrogen and oxygen atoms in total. The molecule has 0 atom stereocenters. The number of hydrazone groups is 1. The molecule has 150 valence electrons. The number of amides is 1. The lowest BCUT2D eigenvalue weighted by Crippen LogP contribution is -2.21. The maximum atomic E-state index is 12.8. The summed E-state index contributed by atoms with van der Waals surface area (Å²) in [6.45, 7) is 1.74. The van der Waals surface area contributed by atoms with Crippen molar-refractivity contribution in [2.75, 3.05) is 12.1 Å². The average Bonchev–Trinajstić information content (AvgIpc) is 3.34. The fraction of sp³-hybridized carbons (Fsp3) is 0.0909. The van der Waals surface area contributed by atoms with Gasteiger partial charge in [-0.1, -0.05) is 18.2 Å². The van der Waals surface area contributed by atoms with Gasteiger partial charge in [-0.2, -0.15) is 10.1 Å². The number of para-hydroxylation sites is 1. The van der Waals surface area contributed by atoms with Gasteiger partial charge in [0.05, 0.1) is 40.6 Å². The van der Waals surface area contributed by atoms with Crippen molar-refractivity contribution in [2.45, 2.75) is 6.92 Å². The molecular weight excluding hydrogens is 386 g/mol. The van der Waals surface area contributed by atoms with E-state index in [9.17, 15) is 14.9 Å². The molecule has 0 saturated carbocycles. The van der Waals surface area contributed by atoms with Gasteiger partial charge in [0.1, 0.15) is 17.3 Å². The standard InChI is InChI=1S/C22H17N3O5/c1-14-19(22(26)24(23-14)15-6-4-3-5-7-15)12-17-9-11-21(30-17)18-10-8-16(29-2)13-20(18)25(27)28/h3-13H,1-2H3/b19-12+. The van der Waals surface area contributed by atoms with Crippen LogP contribution in [0.4, 0.5) is 11.4 Å². The summed E-state index contributed by atoms with van der Waals surface area (Å²) in [5, 5.41) is 17.1. The van der Waals surface area contributed by atoms with Gasteiger partial charge in [-0.25, -0.2) is 0 Å². The fourth-order valence-corrected chi connectivity index (χ4v) is 3.14. The van der Waals surface area contributed by atoms with E-state index in [0.29, 0.717) is 39.8 Å². The minimum absolute atomic E-state index is 0.132. The van der Waals surface area contributed by atoms with E-state index in [-0.39, 0.29) is 11.6 Å². The molecule has 0 N–H and O–H groups in total. The molecule has 1 aromatic heterocycles. The van der Waals surface area contributed by atoms with E-state index in [1.54, 1.807) is 49.4 Å². The van der Waals surface area contributed by atoms with Crippen LogP contribution in [-0.4, -0.2) is 23.7 Å². The lowest BCUT2D eigenvalue weighted by atomic mass is 10.1. The zero-order valence-electron chi connectivity index (χ0n) is 16.2. The highest BCUT2D eigenvalue weighted by molar-refractivity contribution is 6.32. The van der Waals surface area contributed by atoms with Crippen LogP contribution < -0.4 is 9.75 Å². The molecule has 0 fully saturated rings. The van der Waals surface area contributed by atoms with E-state index >= 15 is 0 Å². The Hall–Kier alpha value is -4.20. The summed E-state index contributed by atoms with van der Waals surface area (Å²) in [5.74, 6) is 0.815. The number of furan rings is 1. The van der Waals surface area contributed by atoms with Crippen LogP contribution in [0.25, 0.3) is 17.4 Å². The number of rotatable bonds is 5. The second kappa shape index (κ2) is 7.67. The van der Waals surface area contributed by atoms with E-state index in [0.717, 1.165) is 0 Å². The highest BCUT2D eigenvalue weighted by atomic mass is 16.6. The number of hydrogen-bond acceptors (Lipinski definition) is 6. The van der Waals surface area contributed by atoms with E-state index < -0.39 is 4.92 Å². The molecule has 0 unspecified atom stereocenters. The van der Waals surface area contributed by atoms with Gasteiger partial charge in [-0.15, -0.1) is 0 Å². The van der Waals surface area contributed by atoms with Crippen LogP contribution in [0.3, 0.4) is 0 Å². The molecule has 0 spiro atoms. The molecule has 1 aliphatic heterocycles. The number of carbonyl (C=O) groups is 1. The highest BCUT2D eigenvalue weighted by Gasteiger charge is 2.29. The first-order valence-electron chi connectivity index (χ1n) is 9.07. The lowest BCUT2D eigenvalue weighted by Gasteiger charge is -2.10. The van der Waals surface area contributed by atoms with Gasteiger partial charge >= 0.3 is 0 Å². The normalized spacial score (nSPS) is 14.9. The van der Waals surface area contributed by atoms with Gasteiger partial charge in [0, 0.05) is 0 Å². The third-order valence-corrected chi connectivity index (χ3v) is 4.64. The van der Waals surface area contributed by atoms with Crippen molar-refractivity contribution in [1.29, 1.82) is 0 Å². The Balaban J connectivity index is 1.66. The van der Waals surface area contributed by atoms with Gasteiger partial charge in [-0.3, -0.25) is 14.9 Å². The first kappa shape index (κ1) is 19.1. The zero-order chi connectivity index (χ0) is 21.3. The average molecular weight is 403 g/mol. The molecule has 0 bridgehead atoms. The number of ether oxygens (including phenoxy) is 1. The number of nitrogens with zero attached hydrogens (tertiary/aromatic N) is 3. The largest absolute Gasteiger partial charge is 0.497 e. The molecule has 0 saturated heterocycles. The predicted octanol–water partition coefficient (Wildman–Crippen LogP) is 4.67. The second-order valence-corrected chi connectivity index (χ2v) is 6.54. The van der Waals surface area contributed by atoms with Gasteiger partial charge < -0.3 is 9.15 Å². The molecule has 1 aliphatic rings. The molecule has 4 rings (SSSR count). The number of benzene rings is 2. The Labute approximate surface area is 171 Å². The maximum absolute atomic E-state index is 12.8. The van der Waals surface area contributed by atoms with Crippen LogP contribution in [-0.2, 0) is 4.79 Å². The van der Waals surface area contributed by atoms with Crippen molar-refractivity contribution in [3.8, 4) is 17.1 Å². The topological polar surface area (TPSA) is 98.2 Å². The third-order valence-electron chi connectivity index (χ3n) is 4.64. The summed E-state index contributed by atoms with van der Waals surface area (Å²) in [6, 6.07) is 16.9. The van der Waals surface area contributed by atoms with Crippen molar-refractivity contribution >= 4 is 29.1 Å². The van der Waals surface area contributed by atoms with Crippen molar-refractivity contribution in [3.63, 3.8) is 0 Å². The van der Waals surface area contributed by atoms with Crippen molar-refractivity contribution in [2.24, 2.45) is 5.10 Å². The number of anilines is 1. The van der Waals surface area contributed by atoms with E-state index in [4.69, 9.17) is 9.15 Å². The molecule has 8 heteroatoms. The van der Waals surface area contributed by atoms with Crippen LogP contribution in [0.5, 0.6) is 5.75 Å². The van der Waals surface area contributed by atoms with E-state index in [2.05, 4.69) is 5.10 Å². The Morgan fingerprint density at radius 3 is 2.60 bits per heavy atom. The van der Waals surface area contributed by atoms with Gasteiger partial charge in [0.2, 0.25) is 0 Å². The number of methoxy groups -OCH3 is 1. The molecular formula is C22H17N3O5. The molecule has 0 aliphatic carbocycles. The SMILES string of the molecule is COc1ccc(-c2ccc(/C=C3/C(=O)N(c4ccccc4)N=C3C)o2)c([N+](=O)[O-])c1. The summed E-state index contributed by atoms with van der Waals surface area (Å²) in [4.78, 5) is 23.8. The Morgan fingerprint density at radius 1 is 1.13 bits per heavy atom. The minimum Gasteiger partial charge on any atom is -0.497 e. The monoisotopic (exact) mass is 403 g/mol. The Kier molecular flexibility index (Phi) is 4.89. The first-order chi connectivity index (χ1) is 14.5. The molecule has 1 amide bonds. The molecule has 2 aromatic carbocycles. The number of nitro groups is 1. The van der Waals surface area contributed by atoms with Crippen molar-refractivity contribution in [3.05, 3.63) is 82.1 Å². The molecule has 3 aromatic rings. The van der Waals surface area contributed by atoms with Crippen LogP contribution in [0.2, 0.25) is 0 Å². The Morgan fingerprint density at radius 2 is 1.90 bits per heavy atom. The number of carbonyl (C=O) groups excluding carboxylic acids is 1. The predicted molar refractivity (Wildman–Crippen MR) is 112 cm³/mol. The molecule has 0 radical (unpaired) electrons. The molecule has 30 heavy (non-hydrogen) atoms. The summed E-state index contributed by atoms with van der Waals surface area (Å²) >= 11 is 0. The van der Waals surface area contributed by atoms with Crippen molar-refractivity contribution in [1.82, 2.24) is 0 Å². The van der Waals surface area contributed by atoms with Gasteiger partial charge in [0.25, 0.3) is 11.6 Å². The summed E-state index contributed by atoms with van der Waals surface area (Å²) in [6.07, 6.45) is 1.59. The highest BCUT2D eigenvalue weighted by Crippen LogP contribution is 2.35. The Bertz CT molecular complexity index is 1190. The first-order valence-corrected chi connectivity index (χ1v) is 9.07. The van der Waals surface area contributed by atoms with Crippen LogP contribution in [0.15, 0.2) is 75.8 Å². The van der Waals surface area contributed by atoms with E-state index in [1.165, 1.54) is 18.2 Å². The van der Waals surface area contributed by atoms with E-state index in [1.807, 2.05) is 18.2 Å². The lowest BCUT2D eigenvalue weighted by molar-refractivity contribution is -0.384. The molecule has 2 heterocycles. The summed E-state index contributed by atoms with van der Waals surface area (Å²) in [7, 11) is 1.44. The quantitative estimate of drug-likeness (QED) is 0.350. The van der Waals surface area contributed by atoms with Crippen LogP contribution in [0, 0.1) is 10.1 Å². The van der Waals surface area contributed by atoms with Gasteiger partial charge in [0.15, 0.2) is 0 Å². The summed E-state index contributed by atoms with van der Waals surface area (Å²) in [5.41, 5.74) is 1.80. The van der Waals surface area contributed by atoms with Gasteiger partial charge in [-0.05, 0) is 49.4 Å². The smallest absolute Gasteiger partial charge is 0.284 e. The number of hydrogen-bond donors (Lipinski definition) is 0. The van der Waals surface area contributed by atoms with Crippen LogP contribution >= 0.6 is 0 Å². The number of nitro benzene ring substituents is 1. The fourth-order valence-electron chi connectivity index (χ4n) is 3.14. The third kappa shape index (κ3) is 3.46. The summed E-state index contributed by atoms with van der Waals surface area (Å²) < 4.78 is 10.8. The maximum Gasteiger partial charge on any atom is 0.284 e. The second-order valence-electron chi connectivity index (χ2n) is 6.54. The van der Waals surface area contributed by atoms with Crippen molar-refractivity contribution < 1.29 is 18.9 Å².